The highest BCUT2D eigenvalue weighted by atomic mass is 35.5. The third-order valence-electron chi connectivity index (χ3n) is 2.01. The van der Waals surface area contributed by atoms with Gasteiger partial charge in [-0.3, -0.25) is 4.90 Å². The molecule has 0 aliphatic carbocycles. The topological polar surface area (TPSA) is 40.5 Å². The maximum Gasteiger partial charge on any atom is 0.412 e. The molecule has 0 heterocycles. The number of nitrogens with zero attached hydrogens (tertiary/aromatic N) is 1. The molecule has 0 saturated heterocycles. The molecular weight excluding hydrogens is 233 g/mol. The molecule has 16 heavy (non-hydrogen) atoms. The van der Waals surface area contributed by atoms with E-state index in [2.05, 4.69) is 0 Å². The van der Waals surface area contributed by atoms with Gasteiger partial charge in [-0.2, -0.15) is 0 Å². The number of benzene rings is 1. The number of anilines is 1. The summed E-state index contributed by atoms with van der Waals surface area (Å²) >= 11 is 5.61. The van der Waals surface area contributed by atoms with Crippen molar-refractivity contribution in [3.63, 3.8) is 0 Å². The maximum atomic E-state index is 13.6. The van der Waals surface area contributed by atoms with E-state index in [9.17, 15) is 9.18 Å². The molecule has 1 aromatic rings. The first kappa shape index (κ1) is 12.8. The molecule has 0 aromatic heterocycles. The van der Waals surface area contributed by atoms with E-state index in [1.807, 2.05) is 0 Å². The lowest BCUT2D eigenvalue weighted by Crippen LogP contribution is -2.45. The minimum Gasteiger partial charge on any atom is -0.465 e. The summed E-state index contributed by atoms with van der Waals surface area (Å²) in [5, 5.41) is 9.32. The number of halogens is 2. The Morgan fingerprint density at radius 2 is 2.00 bits per heavy atom. The van der Waals surface area contributed by atoms with Crippen LogP contribution in [-0.2, 0) is 0 Å². The molecule has 1 aromatic carbocycles. The van der Waals surface area contributed by atoms with Gasteiger partial charge < -0.3 is 5.11 Å². The summed E-state index contributed by atoms with van der Waals surface area (Å²) in [7, 11) is 0. The maximum absolute atomic E-state index is 13.6. The average molecular weight is 246 g/mol. The minimum absolute atomic E-state index is 0.00407. The first-order valence-electron chi connectivity index (χ1n) is 4.71. The molecule has 0 saturated carbocycles. The lowest BCUT2D eigenvalue weighted by atomic mass is 10.1. The number of rotatable bonds is 1. The summed E-state index contributed by atoms with van der Waals surface area (Å²) in [5.74, 6) is -0.648. The highest BCUT2D eigenvalue weighted by molar-refractivity contribution is 6.30. The van der Waals surface area contributed by atoms with Gasteiger partial charge in [0.05, 0.1) is 5.69 Å². The normalized spacial score (nSPS) is 11.3. The average Bonchev–Trinajstić information content (AvgIpc) is 2.06. The Hall–Kier alpha value is -1.29. The van der Waals surface area contributed by atoms with Gasteiger partial charge in [-0.05, 0) is 39.0 Å². The quantitative estimate of drug-likeness (QED) is 0.818. The summed E-state index contributed by atoms with van der Waals surface area (Å²) in [6.45, 7) is 5.07. The Balaban J connectivity index is 3.28. The SMILES string of the molecule is CC(C)(C)N(C(=O)O)c1ccc(Cl)cc1F. The van der Waals surface area contributed by atoms with Crippen LogP contribution in [0.5, 0.6) is 0 Å². The summed E-state index contributed by atoms with van der Waals surface area (Å²) in [5.41, 5.74) is -0.718. The van der Waals surface area contributed by atoms with Crippen molar-refractivity contribution in [3.8, 4) is 0 Å². The molecule has 1 N–H and O–H groups in total. The Kier molecular flexibility index (Phi) is 3.43. The first-order valence-corrected chi connectivity index (χ1v) is 5.09. The number of carbonyl (C=O) groups is 1. The van der Waals surface area contributed by atoms with Crippen LogP contribution in [0.3, 0.4) is 0 Å². The third kappa shape index (κ3) is 2.64. The van der Waals surface area contributed by atoms with Crippen LogP contribution in [0.15, 0.2) is 18.2 Å². The number of carboxylic acid groups (broad SMARTS) is 1. The molecular formula is C11H13ClFNO2. The van der Waals surface area contributed by atoms with Crippen molar-refractivity contribution in [1.82, 2.24) is 0 Å². The van der Waals surface area contributed by atoms with Crippen molar-refractivity contribution in [1.29, 1.82) is 0 Å². The number of hydrogen-bond donors (Lipinski definition) is 1. The van der Waals surface area contributed by atoms with E-state index >= 15 is 0 Å². The molecule has 1 rings (SSSR count). The van der Waals surface area contributed by atoms with Gasteiger partial charge >= 0.3 is 6.09 Å². The summed E-state index contributed by atoms with van der Waals surface area (Å²) in [4.78, 5) is 12.1. The van der Waals surface area contributed by atoms with Gasteiger partial charge in [0.15, 0.2) is 0 Å². The zero-order valence-electron chi connectivity index (χ0n) is 9.29. The van der Waals surface area contributed by atoms with Crippen molar-refractivity contribution in [3.05, 3.63) is 29.0 Å². The van der Waals surface area contributed by atoms with Crippen LogP contribution < -0.4 is 4.90 Å². The Bertz CT molecular complexity index is 415. The Morgan fingerprint density at radius 3 is 2.38 bits per heavy atom. The molecule has 0 spiro atoms. The van der Waals surface area contributed by atoms with Crippen LogP contribution in [-0.4, -0.2) is 16.7 Å². The molecule has 1 amide bonds. The lowest BCUT2D eigenvalue weighted by Gasteiger charge is -2.33. The van der Waals surface area contributed by atoms with E-state index < -0.39 is 17.4 Å². The molecule has 0 bridgehead atoms. The minimum atomic E-state index is -1.20. The van der Waals surface area contributed by atoms with Crippen LogP contribution in [0.25, 0.3) is 0 Å². The van der Waals surface area contributed by atoms with Crippen LogP contribution in [0, 0.1) is 5.82 Å². The van der Waals surface area contributed by atoms with Gasteiger partial charge in [-0.1, -0.05) is 11.6 Å². The number of hydrogen-bond acceptors (Lipinski definition) is 1. The molecule has 0 aliphatic heterocycles. The van der Waals surface area contributed by atoms with Crippen molar-refractivity contribution in [2.45, 2.75) is 26.3 Å². The van der Waals surface area contributed by atoms with E-state index in [1.165, 1.54) is 12.1 Å². The highest BCUT2D eigenvalue weighted by Gasteiger charge is 2.29. The summed E-state index contributed by atoms with van der Waals surface area (Å²) in [6, 6.07) is 3.91. The first-order chi connectivity index (χ1) is 7.23. The molecule has 0 radical (unpaired) electrons. The predicted molar refractivity (Wildman–Crippen MR) is 61.7 cm³/mol. The highest BCUT2D eigenvalue weighted by Crippen LogP contribution is 2.28. The lowest BCUT2D eigenvalue weighted by molar-refractivity contribution is 0.195. The summed E-state index contributed by atoms with van der Waals surface area (Å²) in [6.07, 6.45) is -1.20. The van der Waals surface area contributed by atoms with E-state index in [-0.39, 0.29) is 10.7 Å². The van der Waals surface area contributed by atoms with E-state index in [1.54, 1.807) is 20.8 Å². The summed E-state index contributed by atoms with van der Waals surface area (Å²) < 4.78 is 13.6. The second kappa shape index (κ2) is 4.29. The molecule has 5 heteroatoms. The molecule has 3 nitrogen and oxygen atoms in total. The predicted octanol–water partition coefficient (Wildman–Crippen LogP) is 3.76. The number of amides is 1. The van der Waals surface area contributed by atoms with Gasteiger partial charge in [0.2, 0.25) is 0 Å². The monoisotopic (exact) mass is 245 g/mol. The van der Waals surface area contributed by atoms with Crippen molar-refractivity contribution in [2.75, 3.05) is 4.90 Å². The largest absolute Gasteiger partial charge is 0.465 e. The molecule has 0 unspecified atom stereocenters. The van der Waals surface area contributed by atoms with Gasteiger partial charge in [0, 0.05) is 10.6 Å². The van der Waals surface area contributed by atoms with Crippen LogP contribution in [0.2, 0.25) is 5.02 Å². The molecule has 88 valence electrons. The van der Waals surface area contributed by atoms with E-state index in [0.29, 0.717) is 0 Å². The van der Waals surface area contributed by atoms with Crippen LogP contribution in [0.4, 0.5) is 14.9 Å². The van der Waals surface area contributed by atoms with E-state index in [0.717, 1.165) is 11.0 Å². The zero-order valence-corrected chi connectivity index (χ0v) is 10.0. The van der Waals surface area contributed by atoms with Crippen molar-refractivity contribution >= 4 is 23.4 Å². The Morgan fingerprint density at radius 1 is 1.44 bits per heavy atom. The van der Waals surface area contributed by atoms with Crippen LogP contribution in [0.1, 0.15) is 20.8 Å². The Labute approximate surface area is 98.4 Å². The van der Waals surface area contributed by atoms with Gasteiger partial charge in [0.1, 0.15) is 5.82 Å². The second-order valence-corrected chi connectivity index (χ2v) is 4.82. The van der Waals surface area contributed by atoms with Gasteiger partial charge in [0.25, 0.3) is 0 Å². The molecule has 0 atom stereocenters. The fourth-order valence-corrected chi connectivity index (χ4v) is 1.57. The fraction of sp³-hybridized carbons (Fsp3) is 0.364. The third-order valence-corrected chi connectivity index (χ3v) is 2.25. The molecule has 0 fully saturated rings. The van der Waals surface area contributed by atoms with Gasteiger partial charge in [-0.25, -0.2) is 9.18 Å². The van der Waals surface area contributed by atoms with E-state index in [4.69, 9.17) is 16.7 Å². The molecule has 0 aliphatic rings. The second-order valence-electron chi connectivity index (χ2n) is 4.38. The zero-order chi connectivity index (χ0) is 12.5. The van der Waals surface area contributed by atoms with Crippen molar-refractivity contribution in [2.24, 2.45) is 0 Å². The fourth-order valence-electron chi connectivity index (χ4n) is 1.41. The standard InChI is InChI=1S/C11H13ClFNO2/c1-11(2,3)14(10(15)16)9-5-4-7(12)6-8(9)13/h4-6H,1-3H3,(H,15,16). The van der Waals surface area contributed by atoms with Gasteiger partial charge in [-0.15, -0.1) is 0 Å². The van der Waals surface area contributed by atoms with Crippen molar-refractivity contribution < 1.29 is 14.3 Å². The smallest absolute Gasteiger partial charge is 0.412 e. The van der Waals surface area contributed by atoms with Crippen LogP contribution >= 0.6 is 11.6 Å².